The fraction of sp³-hybridized carbons (Fsp3) is 0.478. The minimum absolute atomic E-state index is 0.0363. The molecule has 146 valence electrons. The Bertz CT molecular complexity index is 883. The van der Waals surface area contributed by atoms with Gasteiger partial charge in [-0.1, -0.05) is 6.42 Å². The fourth-order valence-electron chi connectivity index (χ4n) is 4.83. The van der Waals surface area contributed by atoms with E-state index in [0.717, 1.165) is 60.8 Å². The Morgan fingerprint density at radius 3 is 2.57 bits per heavy atom. The molecule has 0 unspecified atom stereocenters. The van der Waals surface area contributed by atoms with Crippen molar-refractivity contribution in [2.75, 3.05) is 26.2 Å². The Morgan fingerprint density at radius 1 is 1.07 bits per heavy atom. The van der Waals surface area contributed by atoms with Gasteiger partial charge in [-0.3, -0.25) is 4.98 Å². The van der Waals surface area contributed by atoms with Gasteiger partial charge in [0.1, 0.15) is 11.6 Å². The Labute approximate surface area is 166 Å². The zero-order chi connectivity index (χ0) is 19.0. The highest BCUT2D eigenvalue weighted by atomic mass is 16.5. The predicted octanol–water partition coefficient (Wildman–Crippen LogP) is 4.04. The molecule has 1 aromatic heterocycles. The lowest BCUT2D eigenvalue weighted by molar-refractivity contribution is 0.264. The van der Waals surface area contributed by atoms with Crippen LogP contribution in [-0.2, 0) is 5.41 Å². The van der Waals surface area contributed by atoms with Crippen molar-refractivity contribution in [3.8, 4) is 16.9 Å². The normalized spacial score (nSPS) is 20.1. The van der Waals surface area contributed by atoms with Crippen LogP contribution in [0.1, 0.15) is 44.1 Å². The number of fused-ring (bicyclic) bond motifs is 2. The summed E-state index contributed by atoms with van der Waals surface area (Å²) in [6.45, 7) is 4.30. The smallest absolute Gasteiger partial charge is 0.129 e. The number of aliphatic imine (C=N–C) groups is 1. The SMILES string of the molecule is NC1=Nc2cc(OCCCN3CCCC3)c(-c3ccncc3)cc2C12CCC2. The summed E-state index contributed by atoms with van der Waals surface area (Å²) in [5.74, 6) is 1.68. The molecule has 1 spiro atoms. The first-order valence-corrected chi connectivity index (χ1v) is 10.5. The number of aromatic nitrogens is 1. The summed E-state index contributed by atoms with van der Waals surface area (Å²) in [7, 11) is 0. The van der Waals surface area contributed by atoms with Crippen molar-refractivity contribution in [2.45, 2.75) is 43.9 Å². The topological polar surface area (TPSA) is 63.7 Å². The molecular formula is C23H28N4O. The molecule has 3 heterocycles. The van der Waals surface area contributed by atoms with Crippen LogP contribution in [-0.4, -0.2) is 42.0 Å². The molecule has 0 bridgehead atoms. The first kappa shape index (κ1) is 17.7. The standard InChI is InChI=1S/C23H28N4O/c24-22-23(7-3-8-23)19-15-18(17-5-9-25-10-6-17)21(16-20(19)26-22)28-14-4-13-27-11-1-2-12-27/h5-6,9-10,15-16H,1-4,7-8,11-14H2,(H2,24,26). The summed E-state index contributed by atoms with van der Waals surface area (Å²) >= 11 is 0. The van der Waals surface area contributed by atoms with Crippen LogP contribution in [0.2, 0.25) is 0 Å². The van der Waals surface area contributed by atoms with E-state index in [0.29, 0.717) is 0 Å². The van der Waals surface area contributed by atoms with E-state index in [1.807, 2.05) is 24.5 Å². The number of hydrogen-bond donors (Lipinski definition) is 1. The molecule has 5 rings (SSSR count). The van der Waals surface area contributed by atoms with E-state index < -0.39 is 0 Å². The molecule has 1 aliphatic carbocycles. The highest BCUT2D eigenvalue weighted by Gasteiger charge is 2.47. The molecule has 1 saturated heterocycles. The molecule has 0 atom stereocenters. The first-order chi connectivity index (χ1) is 13.8. The van der Waals surface area contributed by atoms with E-state index in [1.165, 1.54) is 37.9 Å². The van der Waals surface area contributed by atoms with Crippen molar-refractivity contribution in [3.63, 3.8) is 0 Å². The molecule has 5 heteroatoms. The van der Waals surface area contributed by atoms with E-state index >= 15 is 0 Å². The van der Waals surface area contributed by atoms with Gasteiger partial charge in [-0.25, -0.2) is 4.99 Å². The number of pyridine rings is 1. The molecule has 2 fully saturated rings. The average Bonchev–Trinajstić information content (AvgIpc) is 3.29. The number of amidine groups is 1. The summed E-state index contributed by atoms with van der Waals surface area (Å²) in [6, 6.07) is 8.46. The molecule has 2 aromatic rings. The highest BCUT2D eigenvalue weighted by Crippen LogP contribution is 2.53. The Hall–Kier alpha value is -2.40. The molecule has 0 radical (unpaired) electrons. The second-order valence-corrected chi connectivity index (χ2v) is 8.28. The van der Waals surface area contributed by atoms with Crippen molar-refractivity contribution in [1.82, 2.24) is 9.88 Å². The maximum Gasteiger partial charge on any atom is 0.129 e. The number of rotatable bonds is 6. The second kappa shape index (κ2) is 7.21. The number of hydrogen-bond acceptors (Lipinski definition) is 5. The Kier molecular flexibility index (Phi) is 4.55. The van der Waals surface area contributed by atoms with Crippen LogP contribution in [0.15, 0.2) is 41.7 Å². The lowest BCUT2D eigenvalue weighted by atomic mass is 9.64. The van der Waals surface area contributed by atoms with E-state index in [9.17, 15) is 0 Å². The average molecular weight is 377 g/mol. The fourth-order valence-corrected chi connectivity index (χ4v) is 4.83. The van der Waals surface area contributed by atoms with Gasteiger partial charge in [0.05, 0.1) is 17.7 Å². The maximum absolute atomic E-state index is 6.35. The highest BCUT2D eigenvalue weighted by molar-refractivity contribution is 6.01. The van der Waals surface area contributed by atoms with Crippen LogP contribution in [0.3, 0.4) is 0 Å². The van der Waals surface area contributed by atoms with Crippen LogP contribution in [0.25, 0.3) is 11.1 Å². The van der Waals surface area contributed by atoms with Crippen LogP contribution in [0.4, 0.5) is 5.69 Å². The van der Waals surface area contributed by atoms with Crippen molar-refractivity contribution in [1.29, 1.82) is 0 Å². The van der Waals surface area contributed by atoms with Crippen LogP contribution in [0.5, 0.6) is 5.75 Å². The third-order valence-corrected chi connectivity index (χ3v) is 6.62. The molecule has 2 aliphatic heterocycles. The third kappa shape index (κ3) is 2.98. The monoisotopic (exact) mass is 376 g/mol. The molecule has 28 heavy (non-hydrogen) atoms. The van der Waals surface area contributed by atoms with Crippen molar-refractivity contribution in [3.05, 3.63) is 42.2 Å². The van der Waals surface area contributed by atoms with E-state index in [1.54, 1.807) is 0 Å². The first-order valence-electron chi connectivity index (χ1n) is 10.5. The van der Waals surface area contributed by atoms with Gasteiger partial charge in [0.15, 0.2) is 0 Å². The number of benzene rings is 1. The Balaban J connectivity index is 1.41. The van der Waals surface area contributed by atoms with Crippen molar-refractivity contribution >= 4 is 11.5 Å². The number of likely N-dealkylation sites (tertiary alicyclic amines) is 1. The lowest BCUT2D eigenvalue weighted by Gasteiger charge is -2.39. The summed E-state index contributed by atoms with van der Waals surface area (Å²) < 4.78 is 6.27. The third-order valence-electron chi connectivity index (χ3n) is 6.62. The predicted molar refractivity (Wildman–Crippen MR) is 112 cm³/mol. The number of ether oxygens (including phenoxy) is 1. The maximum atomic E-state index is 6.35. The summed E-state index contributed by atoms with van der Waals surface area (Å²) in [5, 5.41) is 0. The van der Waals surface area contributed by atoms with E-state index in [2.05, 4.69) is 22.0 Å². The molecule has 0 amide bonds. The number of nitrogens with zero attached hydrogens (tertiary/aromatic N) is 3. The van der Waals surface area contributed by atoms with Gasteiger partial charge >= 0.3 is 0 Å². The molecule has 2 N–H and O–H groups in total. The van der Waals surface area contributed by atoms with Gasteiger partial charge in [0.25, 0.3) is 0 Å². The zero-order valence-electron chi connectivity index (χ0n) is 16.4. The van der Waals surface area contributed by atoms with Gasteiger partial charge in [-0.05, 0) is 74.5 Å². The van der Waals surface area contributed by atoms with Gasteiger partial charge in [0.2, 0.25) is 0 Å². The van der Waals surface area contributed by atoms with Crippen LogP contribution in [0, 0.1) is 0 Å². The zero-order valence-corrected chi connectivity index (χ0v) is 16.4. The molecule has 1 saturated carbocycles. The van der Waals surface area contributed by atoms with Gasteiger partial charge < -0.3 is 15.4 Å². The minimum Gasteiger partial charge on any atom is -0.493 e. The summed E-state index contributed by atoms with van der Waals surface area (Å²) in [5.41, 5.74) is 10.8. The molecular weight excluding hydrogens is 348 g/mol. The Morgan fingerprint density at radius 2 is 1.86 bits per heavy atom. The molecule has 3 aliphatic rings. The van der Waals surface area contributed by atoms with Crippen LogP contribution >= 0.6 is 0 Å². The molecule has 1 aromatic carbocycles. The van der Waals surface area contributed by atoms with E-state index in [4.69, 9.17) is 15.5 Å². The minimum atomic E-state index is -0.0363. The van der Waals surface area contributed by atoms with Gasteiger partial charge in [-0.15, -0.1) is 0 Å². The molecule has 5 nitrogen and oxygen atoms in total. The second-order valence-electron chi connectivity index (χ2n) is 8.28. The van der Waals surface area contributed by atoms with Gasteiger partial charge in [0, 0.05) is 30.6 Å². The van der Waals surface area contributed by atoms with Crippen LogP contribution < -0.4 is 10.5 Å². The van der Waals surface area contributed by atoms with Crippen molar-refractivity contribution < 1.29 is 4.74 Å². The summed E-state index contributed by atoms with van der Waals surface area (Å²) in [4.78, 5) is 11.4. The summed E-state index contributed by atoms with van der Waals surface area (Å²) in [6.07, 6.45) is 10.8. The quantitative estimate of drug-likeness (QED) is 0.773. The number of nitrogens with two attached hydrogens (primary N) is 1. The van der Waals surface area contributed by atoms with Crippen molar-refractivity contribution in [2.24, 2.45) is 10.7 Å². The van der Waals surface area contributed by atoms with E-state index in [-0.39, 0.29) is 5.41 Å². The van der Waals surface area contributed by atoms with Gasteiger partial charge in [-0.2, -0.15) is 0 Å². The lowest BCUT2D eigenvalue weighted by Crippen LogP contribution is -2.44. The largest absolute Gasteiger partial charge is 0.493 e.